The van der Waals surface area contributed by atoms with E-state index in [1.54, 1.807) is 0 Å². The zero-order chi connectivity index (χ0) is 24.7. The Morgan fingerprint density at radius 1 is 0.412 bits per heavy atom. The van der Waals surface area contributed by atoms with Gasteiger partial charge in [-0.05, 0) is 51.2 Å². The van der Waals surface area contributed by atoms with Gasteiger partial charge in [0.1, 0.15) is 0 Å². The molecule has 2 nitrogen and oxygen atoms in total. The number of hydrogen-bond donors (Lipinski definition) is 0. The van der Waals surface area contributed by atoms with Crippen LogP contribution in [0.15, 0.2) is 24.3 Å². The molecule has 1 aromatic rings. The predicted molar refractivity (Wildman–Crippen MR) is 154 cm³/mol. The maximum absolute atomic E-state index is 2.49. The van der Waals surface area contributed by atoms with Crippen LogP contribution in [0.3, 0.4) is 0 Å². The van der Waals surface area contributed by atoms with Gasteiger partial charge in [-0.25, -0.2) is 0 Å². The summed E-state index contributed by atoms with van der Waals surface area (Å²) < 4.78 is 0. The Morgan fingerprint density at radius 3 is 0.971 bits per heavy atom. The molecule has 0 unspecified atom stereocenters. The fourth-order valence-corrected chi connectivity index (χ4v) is 4.92. The van der Waals surface area contributed by atoms with E-state index in [2.05, 4.69) is 62.0 Å². The molecule has 0 radical (unpaired) electrons. The Bertz CT molecular complexity index is 489. The molecule has 0 saturated carbocycles. The molecule has 0 saturated heterocycles. The van der Waals surface area contributed by atoms with Crippen LogP contribution in [-0.4, -0.2) is 37.0 Å². The van der Waals surface area contributed by atoms with E-state index < -0.39 is 0 Å². The minimum atomic E-state index is 1.07. The third-order valence-electron chi connectivity index (χ3n) is 7.21. The molecule has 0 N–H and O–H groups in total. The lowest BCUT2D eigenvalue weighted by Gasteiger charge is -2.18. The molecule has 0 bridgehead atoms. The van der Waals surface area contributed by atoms with E-state index in [1.165, 1.54) is 140 Å². The molecule has 1 aromatic carbocycles. The number of unbranched alkanes of at least 4 members (excludes halogenated alkanes) is 16. The molecule has 0 atom stereocenters. The van der Waals surface area contributed by atoms with Crippen molar-refractivity contribution in [3.05, 3.63) is 35.4 Å². The monoisotopic (exact) mass is 472 g/mol. The molecule has 0 aliphatic carbocycles. The second-order valence-corrected chi connectivity index (χ2v) is 10.9. The summed E-state index contributed by atoms with van der Waals surface area (Å²) in [6.07, 6.45) is 25.4. The van der Waals surface area contributed by atoms with Crippen LogP contribution >= 0.6 is 0 Å². The highest BCUT2D eigenvalue weighted by Gasteiger charge is 2.04. The Labute approximate surface area is 214 Å². The van der Waals surface area contributed by atoms with Crippen LogP contribution in [0.2, 0.25) is 0 Å². The molecule has 0 aliphatic heterocycles. The van der Waals surface area contributed by atoms with E-state index in [9.17, 15) is 0 Å². The highest BCUT2D eigenvalue weighted by Crippen LogP contribution is 2.13. The summed E-state index contributed by atoms with van der Waals surface area (Å²) >= 11 is 0. The lowest BCUT2D eigenvalue weighted by molar-refractivity contribution is 0.314. The third-order valence-corrected chi connectivity index (χ3v) is 7.21. The van der Waals surface area contributed by atoms with E-state index >= 15 is 0 Å². The summed E-state index contributed by atoms with van der Waals surface area (Å²) in [5.41, 5.74) is 2.90. The first-order valence-corrected chi connectivity index (χ1v) is 15.1. The largest absolute Gasteiger partial charge is 0.302 e. The first-order chi connectivity index (χ1) is 16.7. The van der Waals surface area contributed by atoms with Gasteiger partial charge in [0.15, 0.2) is 0 Å². The maximum Gasteiger partial charge on any atom is 0.0230 e. The SMILES string of the molecule is CCCCCCCCCCCN(C)Cc1ccc(CN(C)CCCCCCCCCCC)cc1. The van der Waals surface area contributed by atoms with Gasteiger partial charge in [-0.3, -0.25) is 0 Å². The van der Waals surface area contributed by atoms with Crippen molar-refractivity contribution in [3.8, 4) is 0 Å². The fraction of sp³-hybridized carbons (Fsp3) is 0.812. The number of benzene rings is 1. The molecular formula is C32H60N2. The van der Waals surface area contributed by atoms with E-state index in [-0.39, 0.29) is 0 Å². The molecule has 198 valence electrons. The second kappa shape index (κ2) is 22.6. The summed E-state index contributed by atoms with van der Waals surface area (Å²) in [6, 6.07) is 9.37. The van der Waals surface area contributed by atoms with Crippen molar-refractivity contribution in [2.45, 2.75) is 143 Å². The highest BCUT2D eigenvalue weighted by atomic mass is 15.1. The molecule has 0 amide bonds. The van der Waals surface area contributed by atoms with E-state index in [0.717, 1.165) is 13.1 Å². The van der Waals surface area contributed by atoms with Gasteiger partial charge in [0, 0.05) is 13.1 Å². The number of rotatable bonds is 24. The Hall–Kier alpha value is -0.860. The van der Waals surface area contributed by atoms with Gasteiger partial charge in [-0.1, -0.05) is 141 Å². The average molecular weight is 473 g/mol. The highest BCUT2D eigenvalue weighted by molar-refractivity contribution is 5.22. The standard InChI is InChI=1S/C32H60N2/c1-5-7-9-11-13-15-17-19-21-27-33(3)29-31-23-25-32(26-24-31)30-34(4)28-22-20-18-16-14-12-10-8-6-2/h23-26H,5-22,27-30H2,1-4H3. The van der Waals surface area contributed by atoms with Crippen LogP contribution in [0.5, 0.6) is 0 Å². The molecule has 34 heavy (non-hydrogen) atoms. The normalized spacial score (nSPS) is 11.7. The van der Waals surface area contributed by atoms with Crippen LogP contribution < -0.4 is 0 Å². The van der Waals surface area contributed by atoms with Gasteiger partial charge in [-0.15, -0.1) is 0 Å². The lowest BCUT2D eigenvalue weighted by atomic mass is 10.1. The Balaban J connectivity index is 2.05. The zero-order valence-corrected chi connectivity index (χ0v) is 23.8. The summed E-state index contributed by atoms with van der Waals surface area (Å²) in [4.78, 5) is 4.98. The van der Waals surface area contributed by atoms with Crippen LogP contribution in [0.1, 0.15) is 141 Å². The molecule has 0 spiro atoms. The van der Waals surface area contributed by atoms with Gasteiger partial charge >= 0.3 is 0 Å². The van der Waals surface area contributed by atoms with Crippen LogP contribution in [0.4, 0.5) is 0 Å². The molecule has 0 aromatic heterocycles. The van der Waals surface area contributed by atoms with Gasteiger partial charge in [0.2, 0.25) is 0 Å². The minimum absolute atomic E-state index is 1.07. The van der Waals surface area contributed by atoms with Crippen molar-refractivity contribution >= 4 is 0 Å². The fourth-order valence-electron chi connectivity index (χ4n) is 4.92. The first-order valence-electron chi connectivity index (χ1n) is 15.1. The predicted octanol–water partition coefficient (Wildman–Crippen LogP) is 9.61. The topological polar surface area (TPSA) is 6.48 Å². The molecule has 2 heteroatoms. The van der Waals surface area contributed by atoms with E-state index in [0.29, 0.717) is 0 Å². The van der Waals surface area contributed by atoms with Gasteiger partial charge in [0.25, 0.3) is 0 Å². The van der Waals surface area contributed by atoms with Crippen LogP contribution in [-0.2, 0) is 13.1 Å². The van der Waals surface area contributed by atoms with Crippen molar-refractivity contribution in [2.24, 2.45) is 0 Å². The summed E-state index contributed by atoms with van der Waals surface area (Å²) in [7, 11) is 4.55. The van der Waals surface area contributed by atoms with Crippen molar-refractivity contribution in [1.82, 2.24) is 9.80 Å². The van der Waals surface area contributed by atoms with E-state index in [4.69, 9.17) is 0 Å². The van der Waals surface area contributed by atoms with Gasteiger partial charge in [0.05, 0.1) is 0 Å². The van der Waals surface area contributed by atoms with Crippen molar-refractivity contribution in [1.29, 1.82) is 0 Å². The van der Waals surface area contributed by atoms with Crippen LogP contribution in [0.25, 0.3) is 0 Å². The molecular weight excluding hydrogens is 412 g/mol. The zero-order valence-electron chi connectivity index (χ0n) is 23.8. The summed E-state index contributed by atoms with van der Waals surface area (Å²) in [5.74, 6) is 0. The lowest BCUT2D eigenvalue weighted by Crippen LogP contribution is -2.20. The molecule has 0 aliphatic rings. The second-order valence-electron chi connectivity index (χ2n) is 10.9. The Kier molecular flexibility index (Phi) is 20.7. The Morgan fingerprint density at radius 2 is 0.676 bits per heavy atom. The van der Waals surface area contributed by atoms with Gasteiger partial charge < -0.3 is 9.80 Å². The molecule has 1 rings (SSSR count). The third kappa shape index (κ3) is 18.5. The average Bonchev–Trinajstić information content (AvgIpc) is 2.83. The quantitative estimate of drug-likeness (QED) is 0.138. The number of hydrogen-bond acceptors (Lipinski definition) is 2. The molecule has 0 heterocycles. The smallest absolute Gasteiger partial charge is 0.0230 e. The van der Waals surface area contributed by atoms with Crippen molar-refractivity contribution < 1.29 is 0 Å². The first kappa shape index (κ1) is 31.2. The van der Waals surface area contributed by atoms with Crippen LogP contribution in [0, 0.1) is 0 Å². The maximum atomic E-state index is 2.49. The number of nitrogens with zero attached hydrogens (tertiary/aromatic N) is 2. The minimum Gasteiger partial charge on any atom is -0.302 e. The van der Waals surface area contributed by atoms with Gasteiger partial charge in [-0.2, -0.15) is 0 Å². The van der Waals surface area contributed by atoms with Crippen molar-refractivity contribution in [2.75, 3.05) is 27.2 Å². The van der Waals surface area contributed by atoms with E-state index in [1.807, 2.05) is 0 Å². The summed E-state index contributed by atoms with van der Waals surface area (Å²) in [5, 5.41) is 0. The molecule has 0 fully saturated rings. The summed E-state index contributed by atoms with van der Waals surface area (Å²) in [6.45, 7) is 9.18. The van der Waals surface area contributed by atoms with Crippen molar-refractivity contribution in [3.63, 3.8) is 0 Å².